The molecule has 2 N–H and O–H groups in total. The van der Waals surface area contributed by atoms with Crippen molar-refractivity contribution in [1.82, 2.24) is 15.5 Å². The summed E-state index contributed by atoms with van der Waals surface area (Å²) in [5.41, 5.74) is 3.88. The van der Waals surface area contributed by atoms with E-state index < -0.39 is 6.04 Å². The van der Waals surface area contributed by atoms with Crippen molar-refractivity contribution in [3.8, 4) is 6.07 Å². The van der Waals surface area contributed by atoms with Gasteiger partial charge in [-0.2, -0.15) is 5.26 Å². The Kier molecular flexibility index (Phi) is 6.75. The maximum Gasteiger partial charge on any atom is 0.238 e. The third-order valence-corrected chi connectivity index (χ3v) is 7.84. The number of nitrogens with zero attached hydrogens (tertiary/aromatic N) is 2. The summed E-state index contributed by atoms with van der Waals surface area (Å²) in [5.74, 6) is 1.03. The number of fused-ring (bicyclic) bond motifs is 2. The van der Waals surface area contributed by atoms with Crippen LogP contribution in [0, 0.1) is 17.2 Å². The summed E-state index contributed by atoms with van der Waals surface area (Å²) >= 11 is 0. The molecule has 0 spiro atoms. The molecule has 5 nitrogen and oxygen atoms in total. The average molecular weight is 443 g/mol. The molecule has 5 heteroatoms. The van der Waals surface area contributed by atoms with E-state index in [4.69, 9.17) is 0 Å². The summed E-state index contributed by atoms with van der Waals surface area (Å²) in [5, 5.41) is 16.0. The summed E-state index contributed by atoms with van der Waals surface area (Å²) in [6.45, 7) is 3.29. The van der Waals surface area contributed by atoms with Gasteiger partial charge in [0.1, 0.15) is 6.04 Å². The summed E-state index contributed by atoms with van der Waals surface area (Å²) in [6.07, 6.45) is 6.31. The summed E-state index contributed by atoms with van der Waals surface area (Å²) in [4.78, 5) is 15.2. The fourth-order valence-electron chi connectivity index (χ4n) is 5.97. The molecule has 2 saturated heterocycles. The number of likely N-dealkylation sites (tertiary alicyclic amines) is 1. The number of carbonyl (C=O) groups is 1. The van der Waals surface area contributed by atoms with Gasteiger partial charge < -0.3 is 10.6 Å². The summed E-state index contributed by atoms with van der Waals surface area (Å²) in [6, 6.07) is 21.6. The SMILES string of the molecule is N#C[C@H](Cc1ccc(C2CCN(Cc3ccccc3)CC2)cc1)NC(=O)C1NC2CCC1C2. The maximum absolute atomic E-state index is 12.7. The van der Waals surface area contributed by atoms with Crippen LogP contribution in [-0.4, -0.2) is 42.0 Å². The Bertz CT molecular complexity index is 975. The Morgan fingerprint density at radius 2 is 1.79 bits per heavy atom. The van der Waals surface area contributed by atoms with E-state index in [2.05, 4.69) is 76.2 Å². The van der Waals surface area contributed by atoms with Gasteiger partial charge in [-0.1, -0.05) is 54.6 Å². The van der Waals surface area contributed by atoms with Crippen LogP contribution in [0.15, 0.2) is 54.6 Å². The predicted molar refractivity (Wildman–Crippen MR) is 129 cm³/mol. The van der Waals surface area contributed by atoms with E-state index in [9.17, 15) is 10.1 Å². The summed E-state index contributed by atoms with van der Waals surface area (Å²) in [7, 11) is 0. The van der Waals surface area contributed by atoms with Crippen molar-refractivity contribution in [3.63, 3.8) is 0 Å². The second kappa shape index (κ2) is 10.1. The van der Waals surface area contributed by atoms with Crippen LogP contribution in [0.25, 0.3) is 0 Å². The maximum atomic E-state index is 12.7. The minimum absolute atomic E-state index is 0.00682. The molecule has 1 saturated carbocycles. The lowest BCUT2D eigenvalue weighted by atomic mass is 9.88. The van der Waals surface area contributed by atoms with Gasteiger partial charge in [0.05, 0.1) is 12.1 Å². The average Bonchev–Trinajstić information content (AvgIpc) is 3.49. The minimum Gasteiger partial charge on any atom is -0.339 e. The van der Waals surface area contributed by atoms with Crippen molar-refractivity contribution in [2.75, 3.05) is 13.1 Å². The molecule has 5 rings (SSSR count). The molecule has 172 valence electrons. The first kappa shape index (κ1) is 22.1. The normalized spacial score (nSPS) is 26.1. The highest BCUT2D eigenvalue weighted by atomic mass is 16.2. The quantitative estimate of drug-likeness (QED) is 0.685. The van der Waals surface area contributed by atoms with Crippen LogP contribution in [0.1, 0.15) is 54.7 Å². The highest BCUT2D eigenvalue weighted by molar-refractivity contribution is 5.83. The molecule has 1 amide bonds. The lowest BCUT2D eigenvalue weighted by Gasteiger charge is -2.32. The van der Waals surface area contributed by atoms with Crippen molar-refractivity contribution in [2.45, 2.75) is 69.1 Å². The number of piperidine rings is 2. The van der Waals surface area contributed by atoms with Gasteiger partial charge in [-0.25, -0.2) is 0 Å². The second-order valence-corrected chi connectivity index (χ2v) is 10.1. The van der Waals surface area contributed by atoms with Crippen molar-refractivity contribution in [1.29, 1.82) is 5.26 Å². The van der Waals surface area contributed by atoms with E-state index in [1.807, 2.05) is 0 Å². The number of amides is 1. The van der Waals surface area contributed by atoms with Gasteiger partial charge in [-0.15, -0.1) is 0 Å². The minimum atomic E-state index is -0.481. The second-order valence-electron chi connectivity index (χ2n) is 10.1. The Hall–Kier alpha value is -2.68. The van der Waals surface area contributed by atoms with E-state index in [0.717, 1.165) is 38.0 Å². The molecule has 0 radical (unpaired) electrons. The number of rotatable bonds is 7. The molecule has 2 aromatic carbocycles. The van der Waals surface area contributed by atoms with E-state index in [0.29, 0.717) is 24.3 Å². The smallest absolute Gasteiger partial charge is 0.238 e. The molecule has 2 bridgehead atoms. The Morgan fingerprint density at radius 3 is 2.42 bits per heavy atom. The highest BCUT2D eigenvalue weighted by Crippen LogP contribution is 2.35. The number of hydrogen-bond acceptors (Lipinski definition) is 4. The number of carbonyl (C=O) groups excluding carboxylic acids is 1. The third-order valence-electron chi connectivity index (χ3n) is 7.84. The Morgan fingerprint density at radius 1 is 1.03 bits per heavy atom. The first-order valence-electron chi connectivity index (χ1n) is 12.5. The third kappa shape index (κ3) is 5.29. The predicted octanol–water partition coefficient (Wildman–Crippen LogP) is 3.76. The lowest BCUT2D eigenvalue weighted by Crippen LogP contribution is -2.50. The standard InChI is InChI=1S/C28H34N4O/c29-18-26(31-28(33)27-24-10-11-25(17-24)30-27)16-20-6-8-22(9-7-20)23-12-14-32(15-13-23)19-21-4-2-1-3-5-21/h1-9,23-27,30H,10-17,19H2,(H,31,33)/t24?,25?,26-,27?/m0/s1. The molecule has 2 heterocycles. The van der Waals surface area contributed by atoms with Crippen LogP contribution in [0.4, 0.5) is 0 Å². The van der Waals surface area contributed by atoms with Crippen molar-refractivity contribution < 1.29 is 4.79 Å². The van der Waals surface area contributed by atoms with Crippen LogP contribution < -0.4 is 10.6 Å². The molecule has 3 fully saturated rings. The molecule has 2 aliphatic heterocycles. The van der Waals surface area contributed by atoms with Crippen molar-refractivity contribution in [3.05, 3.63) is 71.3 Å². The van der Waals surface area contributed by atoms with Crippen LogP contribution in [0.5, 0.6) is 0 Å². The van der Waals surface area contributed by atoms with Gasteiger partial charge in [0, 0.05) is 19.0 Å². The zero-order valence-electron chi connectivity index (χ0n) is 19.2. The molecule has 0 aromatic heterocycles. The number of nitriles is 1. The van der Waals surface area contributed by atoms with E-state index in [1.165, 1.54) is 30.4 Å². The highest BCUT2D eigenvalue weighted by Gasteiger charge is 2.43. The molecule has 3 unspecified atom stereocenters. The van der Waals surface area contributed by atoms with Crippen molar-refractivity contribution in [2.24, 2.45) is 5.92 Å². The molecule has 2 aromatic rings. The Balaban J connectivity index is 1.10. The fourth-order valence-corrected chi connectivity index (χ4v) is 5.97. The molecule has 4 atom stereocenters. The van der Waals surface area contributed by atoms with E-state index >= 15 is 0 Å². The van der Waals surface area contributed by atoms with Gasteiger partial charge in [-0.05, 0) is 73.7 Å². The topological polar surface area (TPSA) is 68.2 Å². The van der Waals surface area contributed by atoms with Gasteiger partial charge >= 0.3 is 0 Å². The van der Waals surface area contributed by atoms with Crippen LogP contribution in [0.2, 0.25) is 0 Å². The van der Waals surface area contributed by atoms with E-state index in [1.54, 1.807) is 0 Å². The molecular formula is C28H34N4O. The zero-order chi connectivity index (χ0) is 22.6. The first-order chi connectivity index (χ1) is 16.2. The number of nitrogens with one attached hydrogen (secondary N) is 2. The van der Waals surface area contributed by atoms with Gasteiger partial charge in [0.15, 0.2) is 0 Å². The first-order valence-corrected chi connectivity index (χ1v) is 12.5. The number of benzene rings is 2. The Labute approximate surface area is 197 Å². The van der Waals surface area contributed by atoms with Crippen LogP contribution in [-0.2, 0) is 17.8 Å². The van der Waals surface area contributed by atoms with Gasteiger partial charge in [0.2, 0.25) is 5.91 Å². The van der Waals surface area contributed by atoms with Crippen molar-refractivity contribution >= 4 is 5.91 Å². The molecule has 1 aliphatic carbocycles. The lowest BCUT2D eigenvalue weighted by molar-refractivity contribution is -0.124. The van der Waals surface area contributed by atoms with Crippen LogP contribution in [0.3, 0.4) is 0 Å². The van der Waals surface area contributed by atoms with E-state index in [-0.39, 0.29) is 11.9 Å². The molecule has 3 aliphatic rings. The molecular weight excluding hydrogens is 408 g/mol. The van der Waals surface area contributed by atoms with Gasteiger partial charge in [-0.3, -0.25) is 9.69 Å². The largest absolute Gasteiger partial charge is 0.339 e. The monoisotopic (exact) mass is 442 g/mol. The zero-order valence-corrected chi connectivity index (χ0v) is 19.2. The number of hydrogen-bond donors (Lipinski definition) is 2. The summed E-state index contributed by atoms with van der Waals surface area (Å²) < 4.78 is 0. The molecule has 33 heavy (non-hydrogen) atoms. The fraction of sp³-hybridized carbons (Fsp3) is 0.500. The van der Waals surface area contributed by atoms with Crippen LogP contribution >= 0.6 is 0 Å². The van der Waals surface area contributed by atoms with Gasteiger partial charge in [0.25, 0.3) is 0 Å².